The minimum absolute atomic E-state index is 0.141. The molecule has 1 aliphatic carbocycles. The predicted octanol–water partition coefficient (Wildman–Crippen LogP) is 3.90. The van der Waals surface area contributed by atoms with Crippen LogP contribution in [0.3, 0.4) is 0 Å². The molecule has 1 fully saturated rings. The van der Waals surface area contributed by atoms with Gasteiger partial charge < -0.3 is 5.32 Å². The lowest BCUT2D eigenvalue weighted by atomic mass is 10.1. The third-order valence-corrected chi connectivity index (χ3v) is 5.97. The lowest BCUT2D eigenvalue weighted by molar-refractivity contribution is 0.0950. The van der Waals surface area contributed by atoms with E-state index in [0.717, 1.165) is 40.2 Å². The molecule has 0 atom stereocenters. The monoisotopic (exact) mass is 416 g/mol. The van der Waals surface area contributed by atoms with Gasteiger partial charge in [0.1, 0.15) is 0 Å². The molecule has 150 valence electrons. The Morgan fingerprint density at radius 1 is 1.23 bits per heavy atom. The second-order valence-electron chi connectivity index (χ2n) is 7.35. The summed E-state index contributed by atoms with van der Waals surface area (Å²) >= 11 is 1.64. The van der Waals surface area contributed by atoms with Crippen LogP contribution in [-0.4, -0.2) is 30.6 Å². The molecule has 1 aliphatic rings. The van der Waals surface area contributed by atoms with Gasteiger partial charge in [-0.15, -0.1) is 11.3 Å². The Bertz CT molecular complexity index is 1180. The standard InChI is InChI=1S/C22H20N6OS/c1-14-10-25-22(27-19(14)18-5-3-9-30-18)28-20(16-6-7-16)17(13-26-28)21(29)24-12-15-4-2-8-23-11-15/h2-5,8-11,13,16H,6-7,12H2,1H3,(H,24,29). The number of carbonyl (C=O) groups is 1. The Labute approximate surface area is 177 Å². The number of amides is 1. The van der Waals surface area contributed by atoms with E-state index in [1.54, 1.807) is 34.6 Å². The topological polar surface area (TPSA) is 85.6 Å². The average molecular weight is 417 g/mol. The van der Waals surface area contributed by atoms with Gasteiger partial charge >= 0.3 is 0 Å². The summed E-state index contributed by atoms with van der Waals surface area (Å²) in [5, 5.41) is 9.50. The number of hydrogen-bond donors (Lipinski definition) is 1. The molecule has 0 unspecified atom stereocenters. The van der Waals surface area contributed by atoms with Crippen LogP contribution in [0.2, 0.25) is 0 Å². The van der Waals surface area contributed by atoms with Gasteiger partial charge in [-0.25, -0.2) is 14.6 Å². The van der Waals surface area contributed by atoms with Crippen LogP contribution in [0.5, 0.6) is 0 Å². The van der Waals surface area contributed by atoms with Crippen molar-refractivity contribution < 1.29 is 4.79 Å². The van der Waals surface area contributed by atoms with Crippen LogP contribution >= 0.6 is 11.3 Å². The zero-order chi connectivity index (χ0) is 20.5. The molecule has 5 rings (SSSR count). The first-order valence-electron chi connectivity index (χ1n) is 9.83. The van der Waals surface area contributed by atoms with E-state index in [9.17, 15) is 4.79 Å². The van der Waals surface area contributed by atoms with Crippen LogP contribution in [0.4, 0.5) is 0 Å². The van der Waals surface area contributed by atoms with Gasteiger partial charge in [0.05, 0.1) is 28.0 Å². The van der Waals surface area contributed by atoms with Crippen LogP contribution in [-0.2, 0) is 6.54 Å². The van der Waals surface area contributed by atoms with Crippen molar-refractivity contribution in [3.05, 3.63) is 76.8 Å². The van der Waals surface area contributed by atoms with E-state index in [4.69, 9.17) is 4.98 Å². The Morgan fingerprint density at radius 2 is 2.13 bits per heavy atom. The third-order valence-electron chi connectivity index (χ3n) is 5.09. The van der Waals surface area contributed by atoms with E-state index in [-0.39, 0.29) is 5.91 Å². The van der Waals surface area contributed by atoms with E-state index in [1.807, 2.05) is 42.8 Å². The van der Waals surface area contributed by atoms with E-state index >= 15 is 0 Å². The van der Waals surface area contributed by atoms with E-state index in [0.29, 0.717) is 24.0 Å². The van der Waals surface area contributed by atoms with E-state index < -0.39 is 0 Å². The number of nitrogens with one attached hydrogen (secondary N) is 1. The SMILES string of the molecule is Cc1cnc(-n2ncc(C(=O)NCc3cccnc3)c2C2CC2)nc1-c1cccs1. The maximum atomic E-state index is 12.9. The maximum absolute atomic E-state index is 12.9. The molecule has 4 aromatic heterocycles. The highest BCUT2D eigenvalue weighted by Gasteiger charge is 2.33. The Balaban J connectivity index is 1.47. The van der Waals surface area contributed by atoms with Crippen molar-refractivity contribution in [2.24, 2.45) is 0 Å². The fraction of sp³-hybridized carbons (Fsp3) is 0.227. The number of pyridine rings is 1. The number of rotatable bonds is 6. The fourth-order valence-electron chi connectivity index (χ4n) is 3.42. The number of carbonyl (C=O) groups excluding carboxylic acids is 1. The summed E-state index contributed by atoms with van der Waals surface area (Å²) in [5.41, 5.74) is 4.34. The summed E-state index contributed by atoms with van der Waals surface area (Å²) in [6.45, 7) is 2.42. The molecule has 0 radical (unpaired) electrons. The minimum atomic E-state index is -0.141. The highest BCUT2D eigenvalue weighted by molar-refractivity contribution is 7.13. The van der Waals surface area contributed by atoms with Gasteiger partial charge in [-0.1, -0.05) is 12.1 Å². The number of thiophene rings is 1. The average Bonchev–Trinajstić information content (AvgIpc) is 3.28. The van der Waals surface area contributed by atoms with Crippen LogP contribution in [0.1, 0.15) is 45.9 Å². The van der Waals surface area contributed by atoms with Gasteiger partial charge in [0.15, 0.2) is 0 Å². The first-order valence-corrected chi connectivity index (χ1v) is 10.7. The van der Waals surface area contributed by atoms with Crippen LogP contribution < -0.4 is 5.32 Å². The molecule has 1 saturated carbocycles. The molecule has 4 aromatic rings. The third kappa shape index (κ3) is 3.61. The second-order valence-corrected chi connectivity index (χ2v) is 8.30. The van der Waals surface area contributed by atoms with Crippen LogP contribution in [0.15, 0.2) is 54.4 Å². The quantitative estimate of drug-likeness (QED) is 0.515. The zero-order valence-corrected chi connectivity index (χ0v) is 17.3. The van der Waals surface area contributed by atoms with E-state index in [1.165, 1.54) is 0 Å². The second kappa shape index (κ2) is 7.79. The molecule has 8 heteroatoms. The van der Waals surface area contributed by atoms with Crippen molar-refractivity contribution in [3.63, 3.8) is 0 Å². The van der Waals surface area contributed by atoms with Gasteiger partial charge in [0.2, 0.25) is 0 Å². The summed E-state index contributed by atoms with van der Waals surface area (Å²) in [5.74, 6) is 0.663. The first-order chi connectivity index (χ1) is 14.7. The predicted molar refractivity (Wildman–Crippen MR) is 115 cm³/mol. The molecule has 0 saturated heterocycles. The molecule has 0 aliphatic heterocycles. The largest absolute Gasteiger partial charge is 0.348 e. The number of aromatic nitrogens is 5. The van der Waals surface area contributed by atoms with Gasteiger partial charge in [0, 0.05) is 31.1 Å². The minimum Gasteiger partial charge on any atom is -0.348 e. The van der Waals surface area contributed by atoms with E-state index in [2.05, 4.69) is 20.4 Å². The molecule has 1 amide bonds. The number of aryl methyl sites for hydroxylation is 1. The highest BCUT2D eigenvalue weighted by Crippen LogP contribution is 2.42. The van der Waals surface area contributed by atoms with Crippen LogP contribution in [0.25, 0.3) is 16.5 Å². The molecule has 0 bridgehead atoms. The lowest BCUT2D eigenvalue weighted by Crippen LogP contribution is -2.24. The first kappa shape index (κ1) is 18.6. The molecular formula is C22H20N6OS. The Hall–Kier alpha value is -3.39. The van der Waals surface area contributed by atoms with Crippen molar-refractivity contribution in [2.75, 3.05) is 0 Å². The van der Waals surface area contributed by atoms with Gasteiger partial charge in [-0.3, -0.25) is 9.78 Å². The molecule has 7 nitrogen and oxygen atoms in total. The zero-order valence-electron chi connectivity index (χ0n) is 16.4. The molecule has 4 heterocycles. The molecule has 0 aromatic carbocycles. The highest BCUT2D eigenvalue weighted by atomic mass is 32.1. The van der Waals surface area contributed by atoms with Gasteiger partial charge in [-0.2, -0.15) is 5.10 Å². The van der Waals surface area contributed by atoms with Gasteiger partial charge in [-0.05, 0) is 48.4 Å². The van der Waals surface area contributed by atoms with Crippen molar-refractivity contribution in [2.45, 2.75) is 32.2 Å². The van der Waals surface area contributed by atoms with Crippen molar-refractivity contribution in [1.82, 2.24) is 30.0 Å². The number of nitrogens with zero attached hydrogens (tertiary/aromatic N) is 5. The van der Waals surface area contributed by atoms with Crippen molar-refractivity contribution in [1.29, 1.82) is 0 Å². The lowest BCUT2D eigenvalue weighted by Gasteiger charge is -2.10. The number of hydrogen-bond acceptors (Lipinski definition) is 6. The van der Waals surface area contributed by atoms with Crippen LogP contribution in [0, 0.1) is 6.92 Å². The molecular weight excluding hydrogens is 396 g/mol. The summed E-state index contributed by atoms with van der Waals surface area (Å²) in [7, 11) is 0. The maximum Gasteiger partial charge on any atom is 0.255 e. The van der Waals surface area contributed by atoms with Gasteiger partial charge in [0.25, 0.3) is 11.9 Å². The summed E-state index contributed by atoms with van der Waals surface area (Å²) in [6, 6.07) is 7.85. The normalized spacial score (nSPS) is 13.4. The van der Waals surface area contributed by atoms with Crippen molar-refractivity contribution in [3.8, 4) is 16.5 Å². The Kier molecular flexibility index (Phi) is 4.84. The molecule has 0 spiro atoms. The summed E-state index contributed by atoms with van der Waals surface area (Å²) in [6.07, 6.45) is 8.99. The summed E-state index contributed by atoms with van der Waals surface area (Å²) < 4.78 is 1.73. The van der Waals surface area contributed by atoms with Crippen molar-refractivity contribution >= 4 is 17.2 Å². The molecule has 1 N–H and O–H groups in total. The smallest absolute Gasteiger partial charge is 0.255 e. The Morgan fingerprint density at radius 3 is 2.87 bits per heavy atom. The fourth-order valence-corrected chi connectivity index (χ4v) is 4.20. The summed E-state index contributed by atoms with van der Waals surface area (Å²) in [4.78, 5) is 27.4. The molecule has 30 heavy (non-hydrogen) atoms.